The largest absolute Gasteiger partial charge is 0.389 e. The van der Waals surface area contributed by atoms with Crippen molar-refractivity contribution < 1.29 is 13.5 Å². The average Bonchev–Trinajstić information content (AvgIpc) is 2.28. The monoisotopic (exact) mass is 285 g/mol. The lowest BCUT2D eigenvalue weighted by molar-refractivity contribution is 0.0601. The first-order valence-corrected chi connectivity index (χ1v) is 7.81. The maximum Gasteiger partial charge on any atom is 0.243 e. The van der Waals surface area contributed by atoms with Crippen LogP contribution in [0.3, 0.4) is 0 Å². The molecule has 0 heterocycles. The molecule has 0 spiro atoms. The van der Waals surface area contributed by atoms with Crippen LogP contribution in [0.4, 0.5) is 0 Å². The van der Waals surface area contributed by atoms with E-state index in [0.717, 1.165) is 11.1 Å². The number of sulfonamides is 1. The van der Waals surface area contributed by atoms with E-state index >= 15 is 0 Å². The normalized spacial score (nSPS) is 13.0. The van der Waals surface area contributed by atoms with Gasteiger partial charge in [-0.3, -0.25) is 0 Å². The molecule has 0 bridgehead atoms. The molecule has 0 fully saturated rings. The molecule has 0 saturated carbocycles. The van der Waals surface area contributed by atoms with E-state index in [1.807, 2.05) is 13.8 Å². The van der Waals surface area contributed by atoms with Crippen molar-refractivity contribution in [2.45, 2.75) is 45.1 Å². The molecule has 0 saturated heterocycles. The van der Waals surface area contributed by atoms with E-state index in [0.29, 0.717) is 6.54 Å². The topological polar surface area (TPSA) is 57.6 Å². The summed E-state index contributed by atoms with van der Waals surface area (Å²) < 4.78 is 26.3. The van der Waals surface area contributed by atoms with Crippen molar-refractivity contribution in [3.05, 3.63) is 29.3 Å². The van der Waals surface area contributed by atoms with Crippen LogP contribution < -0.4 is 0 Å². The Morgan fingerprint density at radius 2 is 1.79 bits per heavy atom. The van der Waals surface area contributed by atoms with Gasteiger partial charge in [-0.05, 0) is 51.0 Å². The van der Waals surface area contributed by atoms with Gasteiger partial charge in [-0.2, -0.15) is 4.31 Å². The van der Waals surface area contributed by atoms with Gasteiger partial charge in [-0.15, -0.1) is 0 Å². The second-order valence-electron chi connectivity index (χ2n) is 5.49. The Kier molecular flexibility index (Phi) is 4.76. The van der Waals surface area contributed by atoms with E-state index in [9.17, 15) is 13.5 Å². The van der Waals surface area contributed by atoms with Gasteiger partial charge < -0.3 is 5.11 Å². The number of hydrogen-bond acceptors (Lipinski definition) is 3. The molecule has 1 aromatic carbocycles. The first kappa shape index (κ1) is 16.1. The van der Waals surface area contributed by atoms with Crippen LogP contribution in [0.15, 0.2) is 23.1 Å². The summed E-state index contributed by atoms with van der Waals surface area (Å²) >= 11 is 0. The van der Waals surface area contributed by atoms with Gasteiger partial charge in [0.2, 0.25) is 10.0 Å². The van der Waals surface area contributed by atoms with Crippen LogP contribution in [0, 0.1) is 13.8 Å². The summed E-state index contributed by atoms with van der Waals surface area (Å²) in [6.07, 6.45) is 0. The minimum atomic E-state index is -3.55. The highest BCUT2D eigenvalue weighted by Gasteiger charge is 2.28. The fourth-order valence-electron chi connectivity index (χ4n) is 1.82. The van der Waals surface area contributed by atoms with Gasteiger partial charge in [0.25, 0.3) is 0 Å². The molecule has 0 aliphatic heterocycles. The van der Waals surface area contributed by atoms with Gasteiger partial charge >= 0.3 is 0 Å². The van der Waals surface area contributed by atoms with Crippen LogP contribution in [-0.4, -0.2) is 36.5 Å². The van der Waals surface area contributed by atoms with E-state index in [1.54, 1.807) is 39.0 Å². The van der Waals surface area contributed by atoms with Gasteiger partial charge in [-0.25, -0.2) is 8.42 Å². The summed E-state index contributed by atoms with van der Waals surface area (Å²) in [6.45, 7) is 9.22. The summed E-state index contributed by atoms with van der Waals surface area (Å²) in [5, 5.41) is 9.82. The van der Waals surface area contributed by atoms with Gasteiger partial charge in [0.1, 0.15) is 0 Å². The minimum Gasteiger partial charge on any atom is -0.389 e. The molecule has 108 valence electrons. The van der Waals surface area contributed by atoms with Crippen LogP contribution in [0.2, 0.25) is 0 Å². The molecule has 5 heteroatoms. The summed E-state index contributed by atoms with van der Waals surface area (Å²) in [5.41, 5.74) is 0.952. The minimum absolute atomic E-state index is 0.0821. The zero-order chi connectivity index (χ0) is 14.8. The molecule has 0 aromatic heterocycles. The van der Waals surface area contributed by atoms with Crippen molar-refractivity contribution >= 4 is 10.0 Å². The Bertz CT molecular complexity index is 544. The van der Waals surface area contributed by atoms with Crippen LogP contribution in [-0.2, 0) is 10.0 Å². The van der Waals surface area contributed by atoms with E-state index in [4.69, 9.17) is 0 Å². The van der Waals surface area contributed by atoms with Crippen LogP contribution >= 0.6 is 0 Å². The van der Waals surface area contributed by atoms with Crippen molar-refractivity contribution in [2.24, 2.45) is 0 Å². The van der Waals surface area contributed by atoms with Crippen molar-refractivity contribution in [1.82, 2.24) is 4.31 Å². The van der Waals surface area contributed by atoms with E-state index in [-0.39, 0.29) is 11.4 Å². The number of aryl methyl sites for hydroxylation is 2. The number of benzene rings is 1. The maximum atomic E-state index is 12.5. The second-order valence-corrected chi connectivity index (χ2v) is 7.43. The standard InChI is InChI=1S/C14H23NO3S/c1-6-15(10-14(4,5)16)19(17,18)13-8-7-11(2)12(3)9-13/h7-9,16H,6,10H2,1-5H3. The van der Waals surface area contributed by atoms with Crippen molar-refractivity contribution in [3.63, 3.8) is 0 Å². The number of likely N-dealkylation sites (N-methyl/N-ethyl adjacent to an activating group) is 1. The first-order chi connectivity index (χ1) is 8.58. The fraction of sp³-hybridized carbons (Fsp3) is 0.571. The summed E-state index contributed by atoms with van der Waals surface area (Å²) in [5.74, 6) is 0. The van der Waals surface area contributed by atoms with Crippen molar-refractivity contribution in [2.75, 3.05) is 13.1 Å². The van der Waals surface area contributed by atoms with Gasteiger partial charge in [-0.1, -0.05) is 13.0 Å². The predicted octanol–water partition coefficient (Wildman–Crippen LogP) is 2.08. The third kappa shape index (κ3) is 4.03. The van der Waals surface area contributed by atoms with Crippen molar-refractivity contribution in [1.29, 1.82) is 0 Å². The molecule has 0 aliphatic rings. The summed E-state index contributed by atoms with van der Waals surface area (Å²) in [4.78, 5) is 0.279. The van der Waals surface area contributed by atoms with Crippen LogP contribution in [0.1, 0.15) is 31.9 Å². The van der Waals surface area contributed by atoms with E-state index < -0.39 is 15.6 Å². The van der Waals surface area contributed by atoms with Crippen LogP contribution in [0.25, 0.3) is 0 Å². The number of aliphatic hydroxyl groups is 1. The number of nitrogens with zero attached hydrogens (tertiary/aromatic N) is 1. The smallest absolute Gasteiger partial charge is 0.243 e. The van der Waals surface area contributed by atoms with Crippen LogP contribution in [0.5, 0.6) is 0 Å². The molecule has 19 heavy (non-hydrogen) atoms. The van der Waals surface area contributed by atoms with Crippen molar-refractivity contribution in [3.8, 4) is 0 Å². The van der Waals surface area contributed by atoms with Gasteiger partial charge in [0.05, 0.1) is 10.5 Å². The van der Waals surface area contributed by atoms with E-state index in [1.165, 1.54) is 4.31 Å². The molecule has 0 amide bonds. The third-order valence-corrected chi connectivity index (χ3v) is 4.95. The lowest BCUT2D eigenvalue weighted by Crippen LogP contribution is -2.42. The molecule has 0 aliphatic carbocycles. The summed E-state index contributed by atoms with van der Waals surface area (Å²) in [7, 11) is -3.55. The zero-order valence-electron chi connectivity index (χ0n) is 12.3. The fourth-order valence-corrected chi connectivity index (χ4v) is 3.51. The lowest BCUT2D eigenvalue weighted by Gasteiger charge is -2.27. The second kappa shape index (κ2) is 5.61. The quantitative estimate of drug-likeness (QED) is 0.901. The predicted molar refractivity (Wildman–Crippen MR) is 76.6 cm³/mol. The SMILES string of the molecule is CCN(CC(C)(C)O)S(=O)(=O)c1ccc(C)c(C)c1. The maximum absolute atomic E-state index is 12.5. The number of hydrogen-bond donors (Lipinski definition) is 1. The highest BCUT2D eigenvalue weighted by Crippen LogP contribution is 2.20. The third-order valence-electron chi connectivity index (χ3n) is 3.03. The highest BCUT2D eigenvalue weighted by atomic mass is 32.2. The number of rotatable bonds is 5. The Balaban J connectivity index is 3.17. The zero-order valence-corrected chi connectivity index (χ0v) is 13.1. The van der Waals surface area contributed by atoms with Gasteiger partial charge in [0.15, 0.2) is 0 Å². The Hall–Kier alpha value is -0.910. The molecular formula is C14H23NO3S. The van der Waals surface area contributed by atoms with E-state index in [2.05, 4.69) is 0 Å². The first-order valence-electron chi connectivity index (χ1n) is 6.37. The highest BCUT2D eigenvalue weighted by molar-refractivity contribution is 7.89. The average molecular weight is 285 g/mol. The molecule has 1 rings (SSSR count). The van der Waals surface area contributed by atoms with Gasteiger partial charge in [0, 0.05) is 13.1 Å². The molecular weight excluding hydrogens is 262 g/mol. The Labute approximate surface area is 116 Å². The molecule has 0 radical (unpaired) electrons. The summed E-state index contributed by atoms with van der Waals surface area (Å²) in [6, 6.07) is 5.10. The Morgan fingerprint density at radius 1 is 1.21 bits per heavy atom. The molecule has 1 N–H and O–H groups in total. The molecule has 4 nitrogen and oxygen atoms in total. The lowest BCUT2D eigenvalue weighted by atomic mass is 10.1. The molecule has 0 atom stereocenters. The Morgan fingerprint density at radius 3 is 2.21 bits per heavy atom. The molecule has 1 aromatic rings. The molecule has 0 unspecified atom stereocenters.